The van der Waals surface area contributed by atoms with Gasteiger partial charge >= 0.3 is 0 Å². The van der Waals surface area contributed by atoms with Crippen LogP contribution in [0.5, 0.6) is 0 Å². The van der Waals surface area contributed by atoms with E-state index in [0.717, 1.165) is 29.4 Å². The molecule has 1 aromatic carbocycles. The average Bonchev–Trinajstić information content (AvgIpc) is 2.94. The summed E-state index contributed by atoms with van der Waals surface area (Å²) >= 11 is 6.04. The van der Waals surface area contributed by atoms with Crippen molar-refractivity contribution in [1.29, 1.82) is 0 Å². The van der Waals surface area contributed by atoms with Crippen molar-refractivity contribution in [2.45, 2.75) is 39.0 Å². The van der Waals surface area contributed by atoms with Gasteiger partial charge in [0.1, 0.15) is 0 Å². The van der Waals surface area contributed by atoms with Crippen molar-refractivity contribution in [2.75, 3.05) is 0 Å². The standard InChI is InChI=1S/C18H22ClN3/c1-5-18(6-2,14-9-11-15(19)12-10-14)16-13-17(20-7-3)22(8-4)21-16/h7-13H,4-6H2,1-3H3/b20-7-. The zero-order valence-corrected chi connectivity index (χ0v) is 14.1. The predicted octanol–water partition coefficient (Wildman–Crippen LogP) is 5.47. The molecule has 22 heavy (non-hydrogen) atoms. The number of hydrogen-bond donors (Lipinski definition) is 0. The van der Waals surface area contributed by atoms with Gasteiger partial charge in [-0.15, -0.1) is 0 Å². The van der Waals surface area contributed by atoms with E-state index < -0.39 is 0 Å². The molecular formula is C18H22ClN3. The third kappa shape index (κ3) is 2.86. The first kappa shape index (κ1) is 16.5. The molecule has 0 aliphatic carbocycles. The molecular weight excluding hydrogens is 294 g/mol. The minimum Gasteiger partial charge on any atom is -0.242 e. The number of aromatic nitrogens is 2. The summed E-state index contributed by atoms with van der Waals surface area (Å²) < 4.78 is 1.73. The molecule has 0 spiro atoms. The van der Waals surface area contributed by atoms with Crippen LogP contribution in [0.1, 0.15) is 44.9 Å². The van der Waals surface area contributed by atoms with Crippen molar-refractivity contribution in [1.82, 2.24) is 9.78 Å². The van der Waals surface area contributed by atoms with Crippen LogP contribution < -0.4 is 0 Å². The first-order valence-electron chi connectivity index (χ1n) is 7.58. The molecule has 0 N–H and O–H groups in total. The second-order valence-electron chi connectivity index (χ2n) is 5.20. The summed E-state index contributed by atoms with van der Waals surface area (Å²) in [6.07, 6.45) is 5.36. The lowest BCUT2D eigenvalue weighted by molar-refractivity contribution is 0.461. The minimum absolute atomic E-state index is 0.142. The Bertz CT molecular complexity index is 664. The molecule has 0 aliphatic heterocycles. The molecule has 0 atom stereocenters. The third-order valence-corrected chi connectivity index (χ3v) is 4.50. The molecule has 0 amide bonds. The van der Waals surface area contributed by atoms with Crippen LogP contribution in [0.15, 0.2) is 41.9 Å². The van der Waals surface area contributed by atoms with Gasteiger partial charge in [0.2, 0.25) is 0 Å². The summed E-state index contributed by atoms with van der Waals surface area (Å²) in [7, 11) is 0. The maximum atomic E-state index is 6.04. The second kappa shape index (κ2) is 6.93. The summed E-state index contributed by atoms with van der Waals surface area (Å²) in [5, 5.41) is 5.46. The van der Waals surface area contributed by atoms with Crippen LogP contribution in [0.4, 0.5) is 5.82 Å². The predicted molar refractivity (Wildman–Crippen MR) is 95.3 cm³/mol. The lowest BCUT2D eigenvalue weighted by Crippen LogP contribution is -2.26. The van der Waals surface area contributed by atoms with Gasteiger partial charge in [0.05, 0.1) is 5.69 Å². The highest BCUT2D eigenvalue weighted by atomic mass is 35.5. The van der Waals surface area contributed by atoms with Gasteiger partial charge in [0.25, 0.3) is 0 Å². The fourth-order valence-electron chi connectivity index (χ4n) is 2.92. The smallest absolute Gasteiger partial charge is 0.154 e. The van der Waals surface area contributed by atoms with Crippen LogP contribution in [-0.2, 0) is 5.41 Å². The highest BCUT2D eigenvalue weighted by molar-refractivity contribution is 6.30. The number of aliphatic imine (C=N–C) groups is 1. The molecule has 2 aromatic rings. The molecule has 116 valence electrons. The largest absolute Gasteiger partial charge is 0.242 e. The van der Waals surface area contributed by atoms with Gasteiger partial charge in [0, 0.05) is 28.9 Å². The number of rotatable bonds is 6. The van der Waals surface area contributed by atoms with E-state index in [0.29, 0.717) is 0 Å². The SMILES string of the molecule is C=Cn1nc(C(CC)(CC)c2ccc(Cl)cc2)cc1/N=C\C. The summed E-state index contributed by atoms with van der Waals surface area (Å²) in [5.41, 5.74) is 2.10. The number of nitrogens with zero attached hydrogens (tertiary/aromatic N) is 3. The Kier molecular flexibility index (Phi) is 5.19. The van der Waals surface area contributed by atoms with Crippen molar-refractivity contribution in [2.24, 2.45) is 4.99 Å². The molecule has 2 rings (SSSR count). The Hall–Kier alpha value is -1.87. The Labute approximate surface area is 137 Å². The van der Waals surface area contributed by atoms with Crippen molar-refractivity contribution >= 4 is 29.8 Å². The van der Waals surface area contributed by atoms with Crippen LogP contribution in [0.2, 0.25) is 5.02 Å². The normalized spacial score (nSPS) is 12.0. The van der Waals surface area contributed by atoms with Gasteiger partial charge in [0.15, 0.2) is 5.82 Å². The van der Waals surface area contributed by atoms with E-state index in [-0.39, 0.29) is 5.41 Å². The molecule has 1 aromatic heterocycles. The van der Waals surface area contributed by atoms with Crippen molar-refractivity contribution in [3.8, 4) is 0 Å². The van der Waals surface area contributed by atoms with E-state index in [1.54, 1.807) is 17.1 Å². The molecule has 0 bridgehead atoms. The molecule has 0 saturated heterocycles. The average molecular weight is 316 g/mol. The van der Waals surface area contributed by atoms with E-state index >= 15 is 0 Å². The van der Waals surface area contributed by atoms with Gasteiger partial charge in [-0.1, -0.05) is 44.2 Å². The highest BCUT2D eigenvalue weighted by Crippen LogP contribution is 2.39. The maximum absolute atomic E-state index is 6.04. The van der Waals surface area contributed by atoms with Gasteiger partial charge in [-0.25, -0.2) is 9.67 Å². The van der Waals surface area contributed by atoms with Crippen LogP contribution in [0.3, 0.4) is 0 Å². The Morgan fingerprint density at radius 2 is 1.91 bits per heavy atom. The van der Waals surface area contributed by atoms with Crippen molar-refractivity contribution in [3.05, 3.63) is 53.2 Å². The van der Waals surface area contributed by atoms with Gasteiger partial charge < -0.3 is 0 Å². The van der Waals surface area contributed by atoms with Crippen molar-refractivity contribution in [3.63, 3.8) is 0 Å². The fourth-order valence-corrected chi connectivity index (χ4v) is 3.04. The van der Waals surface area contributed by atoms with Crippen LogP contribution >= 0.6 is 11.6 Å². The summed E-state index contributed by atoms with van der Waals surface area (Å²) in [6.45, 7) is 10.1. The second-order valence-corrected chi connectivity index (χ2v) is 5.63. The van der Waals surface area contributed by atoms with Crippen LogP contribution in [0, 0.1) is 0 Å². The van der Waals surface area contributed by atoms with Gasteiger partial charge in [-0.3, -0.25) is 0 Å². The quantitative estimate of drug-likeness (QED) is 0.650. The molecule has 0 unspecified atom stereocenters. The molecule has 3 nitrogen and oxygen atoms in total. The molecule has 4 heteroatoms. The minimum atomic E-state index is -0.142. The Balaban J connectivity index is 2.60. The lowest BCUT2D eigenvalue weighted by atomic mass is 9.73. The maximum Gasteiger partial charge on any atom is 0.154 e. The number of hydrogen-bond acceptors (Lipinski definition) is 2. The first-order valence-corrected chi connectivity index (χ1v) is 7.96. The number of benzene rings is 1. The molecule has 1 heterocycles. The molecule has 0 fully saturated rings. The zero-order valence-electron chi connectivity index (χ0n) is 13.4. The fraction of sp³-hybridized carbons (Fsp3) is 0.333. The summed E-state index contributed by atoms with van der Waals surface area (Å²) in [6, 6.07) is 10.1. The Morgan fingerprint density at radius 3 is 2.41 bits per heavy atom. The Morgan fingerprint density at radius 1 is 1.27 bits per heavy atom. The van der Waals surface area contributed by atoms with E-state index in [2.05, 4.69) is 37.6 Å². The molecule has 0 saturated carbocycles. The van der Waals surface area contributed by atoms with E-state index in [9.17, 15) is 0 Å². The topological polar surface area (TPSA) is 30.2 Å². The zero-order chi connectivity index (χ0) is 16.2. The van der Waals surface area contributed by atoms with Crippen LogP contribution in [0.25, 0.3) is 6.20 Å². The summed E-state index contributed by atoms with van der Waals surface area (Å²) in [4.78, 5) is 4.37. The lowest BCUT2D eigenvalue weighted by Gasteiger charge is -2.30. The van der Waals surface area contributed by atoms with E-state index in [1.165, 1.54) is 5.56 Å². The monoisotopic (exact) mass is 315 g/mol. The first-order chi connectivity index (χ1) is 10.6. The van der Waals surface area contributed by atoms with Crippen LogP contribution in [-0.4, -0.2) is 16.0 Å². The third-order valence-electron chi connectivity index (χ3n) is 4.24. The van der Waals surface area contributed by atoms with Crippen molar-refractivity contribution < 1.29 is 0 Å². The molecule has 0 radical (unpaired) electrons. The number of halogens is 1. The highest BCUT2D eigenvalue weighted by Gasteiger charge is 2.33. The van der Waals surface area contributed by atoms with E-state index in [4.69, 9.17) is 16.7 Å². The molecule has 0 aliphatic rings. The summed E-state index contributed by atoms with van der Waals surface area (Å²) in [5.74, 6) is 0.799. The van der Waals surface area contributed by atoms with Gasteiger partial charge in [-0.05, 0) is 37.5 Å². The van der Waals surface area contributed by atoms with Gasteiger partial charge in [-0.2, -0.15) is 5.10 Å². The van der Waals surface area contributed by atoms with E-state index in [1.807, 2.05) is 25.1 Å².